The molecule has 0 amide bonds. The van der Waals surface area contributed by atoms with Gasteiger partial charge in [-0.1, -0.05) is 36.7 Å². The fourth-order valence-electron chi connectivity index (χ4n) is 2.06. The van der Waals surface area contributed by atoms with Crippen LogP contribution in [-0.4, -0.2) is 12.8 Å². The van der Waals surface area contributed by atoms with Crippen LogP contribution in [0.5, 0.6) is 0 Å². The van der Waals surface area contributed by atoms with E-state index in [0.717, 1.165) is 21.8 Å². The molecule has 0 saturated carbocycles. The zero-order valence-electron chi connectivity index (χ0n) is 11.5. The topological polar surface area (TPSA) is 12.0 Å². The standard InChI is InChI=1S/C15H17BrClNS2/c1-3-8-18-14(13-9-11(16)15(17)20-13)10-6-4-5-7-12(10)19-2/h4-7,9,14,18H,3,8H2,1-2H3. The highest BCUT2D eigenvalue weighted by Crippen LogP contribution is 2.39. The Morgan fingerprint density at radius 3 is 2.75 bits per heavy atom. The average Bonchev–Trinajstić information content (AvgIpc) is 2.79. The highest BCUT2D eigenvalue weighted by Gasteiger charge is 2.19. The Labute approximate surface area is 142 Å². The lowest BCUT2D eigenvalue weighted by Gasteiger charge is -2.20. The summed E-state index contributed by atoms with van der Waals surface area (Å²) in [6.07, 6.45) is 3.23. The van der Waals surface area contributed by atoms with Crippen molar-refractivity contribution in [3.05, 3.63) is 49.6 Å². The Hall–Kier alpha value is -0.000000000000000111. The molecule has 2 aromatic rings. The third-order valence-electron chi connectivity index (χ3n) is 3.00. The molecular weight excluding hydrogens is 374 g/mol. The zero-order chi connectivity index (χ0) is 14.5. The van der Waals surface area contributed by atoms with Crippen LogP contribution in [0.15, 0.2) is 39.7 Å². The molecule has 108 valence electrons. The van der Waals surface area contributed by atoms with Crippen molar-refractivity contribution in [1.82, 2.24) is 5.32 Å². The number of nitrogens with one attached hydrogen (secondary N) is 1. The Morgan fingerprint density at radius 1 is 1.40 bits per heavy atom. The van der Waals surface area contributed by atoms with E-state index in [1.165, 1.54) is 15.3 Å². The summed E-state index contributed by atoms with van der Waals surface area (Å²) in [4.78, 5) is 2.55. The van der Waals surface area contributed by atoms with Crippen molar-refractivity contribution in [3.8, 4) is 0 Å². The molecule has 0 radical (unpaired) electrons. The van der Waals surface area contributed by atoms with Crippen LogP contribution in [0.4, 0.5) is 0 Å². The van der Waals surface area contributed by atoms with E-state index >= 15 is 0 Å². The van der Waals surface area contributed by atoms with E-state index in [0.29, 0.717) is 0 Å². The van der Waals surface area contributed by atoms with Gasteiger partial charge in [-0.25, -0.2) is 0 Å². The molecule has 0 bridgehead atoms. The van der Waals surface area contributed by atoms with Crippen LogP contribution in [0.1, 0.15) is 29.8 Å². The molecule has 1 atom stereocenters. The largest absolute Gasteiger partial charge is 0.306 e. The third kappa shape index (κ3) is 3.80. The highest BCUT2D eigenvalue weighted by atomic mass is 79.9. The molecule has 1 heterocycles. The van der Waals surface area contributed by atoms with E-state index in [9.17, 15) is 0 Å². The van der Waals surface area contributed by atoms with Gasteiger partial charge in [0.1, 0.15) is 4.34 Å². The summed E-state index contributed by atoms with van der Waals surface area (Å²) in [7, 11) is 0. The van der Waals surface area contributed by atoms with Gasteiger partial charge in [0.05, 0.1) is 6.04 Å². The summed E-state index contributed by atoms with van der Waals surface area (Å²) in [5, 5.41) is 3.63. The van der Waals surface area contributed by atoms with E-state index in [1.54, 1.807) is 23.1 Å². The van der Waals surface area contributed by atoms with Gasteiger partial charge in [0.2, 0.25) is 0 Å². The molecule has 1 N–H and O–H groups in total. The maximum absolute atomic E-state index is 6.21. The number of hydrogen-bond acceptors (Lipinski definition) is 3. The molecule has 0 spiro atoms. The van der Waals surface area contributed by atoms with Gasteiger partial charge in [-0.3, -0.25) is 0 Å². The first-order valence-electron chi connectivity index (χ1n) is 6.48. The normalized spacial score (nSPS) is 12.6. The van der Waals surface area contributed by atoms with E-state index in [-0.39, 0.29) is 6.04 Å². The minimum atomic E-state index is 0.201. The van der Waals surface area contributed by atoms with Crippen LogP contribution < -0.4 is 5.32 Å². The second-order valence-electron chi connectivity index (χ2n) is 4.40. The minimum Gasteiger partial charge on any atom is -0.306 e. The molecule has 1 nitrogen and oxygen atoms in total. The average molecular weight is 391 g/mol. The van der Waals surface area contributed by atoms with E-state index in [4.69, 9.17) is 11.6 Å². The summed E-state index contributed by atoms with van der Waals surface area (Å²) in [6, 6.07) is 10.9. The fourth-order valence-corrected chi connectivity index (χ4v) is 4.53. The molecule has 5 heteroatoms. The van der Waals surface area contributed by atoms with Crippen molar-refractivity contribution >= 4 is 50.6 Å². The third-order valence-corrected chi connectivity index (χ3v) is 6.35. The molecular formula is C15H17BrClNS2. The van der Waals surface area contributed by atoms with Gasteiger partial charge < -0.3 is 5.32 Å². The number of thiophene rings is 1. The van der Waals surface area contributed by atoms with Gasteiger partial charge in [-0.15, -0.1) is 23.1 Å². The summed E-state index contributed by atoms with van der Waals surface area (Å²) in [5.41, 5.74) is 1.32. The lowest BCUT2D eigenvalue weighted by molar-refractivity contribution is 0.599. The lowest BCUT2D eigenvalue weighted by Crippen LogP contribution is -2.22. The maximum Gasteiger partial charge on any atom is 0.107 e. The van der Waals surface area contributed by atoms with Crippen molar-refractivity contribution in [2.75, 3.05) is 12.8 Å². The van der Waals surface area contributed by atoms with Gasteiger partial charge in [0.15, 0.2) is 0 Å². The first-order chi connectivity index (χ1) is 9.67. The van der Waals surface area contributed by atoms with Crippen molar-refractivity contribution < 1.29 is 0 Å². The smallest absolute Gasteiger partial charge is 0.107 e. The van der Waals surface area contributed by atoms with Crippen molar-refractivity contribution in [1.29, 1.82) is 0 Å². The molecule has 2 rings (SSSR count). The molecule has 0 aliphatic heterocycles. The fraction of sp³-hybridized carbons (Fsp3) is 0.333. The molecule has 1 aromatic heterocycles. The molecule has 20 heavy (non-hydrogen) atoms. The number of hydrogen-bond donors (Lipinski definition) is 1. The van der Waals surface area contributed by atoms with Crippen LogP contribution in [-0.2, 0) is 0 Å². The summed E-state index contributed by atoms with van der Waals surface area (Å²) < 4.78 is 1.79. The molecule has 1 unspecified atom stereocenters. The monoisotopic (exact) mass is 389 g/mol. The van der Waals surface area contributed by atoms with Gasteiger partial charge in [-0.05, 0) is 52.8 Å². The first kappa shape index (κ1) is 16.4. The van der Waals surface area contributed by atoms with E-state index in [1.807, 2.05) is 0 Å². The molecule has 0 aliphatic rings. The SMILES string of the molecule is CCCNC(c1cc(Br)c(Cl)s1)c1ccccc1SC. The van der Waals surface area contributed by atoms with Crippen LogP contribution in [0, 0.1) is 0 Å². The second kappa shape index (κ2) is 7.85. The zero-order valence-corrected chi connectivity index (χ0v) is 15.4. The Morgan fingerprint density at radius 2 is 2.15 bits per heavy atom. The number of thioether (sulfide) groups is 1. The van der Waals surface area contributed by atoms with Crippen molar-refractivity contribution in [3.63, 3.8) is 0 Å². The van der Waals surface area contributed by atoms with Gasteiger partial charge in [0, 0.05) is 14.2 Å². The summed E-state index contributed by atoms with van der Waals surface area (Å²) >= 11 is 13.1. The minimum absolute atomic E-state index is 0.201. The Kier molecular flexibility index (Phi) is 6.43. The predicted molar refractivity (Wildman–Crippen MR) is 95.4 cm³/mol. The van der Waals surface area contributed by atoms with E-state index in [2.05, 4.69) is 64.8 Å². The number of benzene rings is 1. The quantitative estimate of drug-likeness (QED) is 0.609. The maximum atomic E-state index is 6.21. The Bertz CT molecular complexity index is 551. The summed E-state index contributed by atoms with van der Waals surface area (Å²) in [5.74, 6) is 0. The lowest BCUT2D eigenvalue weighted by atomic mass is 10.1. The number of halogens is 2. The first-order valence-corrected chi connectivity index (χ1v) is 9.69. The van der Waals surface area contributed by atoms with Crippen LogP contribution >= 0.6 is 50.6 Å². The van der Waals surface area contributed by atoms with Gasteiger partial charge in [-0.2, -0.15) is 0 Å². The van der Waals surface area contributed by atoms with Crippen LogP contribution in [0.25, 0.3) is 0 Å². The molecule has 1 aromatic carbocycles. The molecule has 0 aliphatic carbocycles. The predicted octanol–water partition coefficient (Wildman–Crippen LogP) is 5.97. The van der Waals surface area contributed by atoms with Crippen LogP contribution in [0.2, 0.25) is 4.34 Å². The van der Waals surface area contributed by atoms with Gasteiger partial charge in [0.25, 0.3) is 0 Å². The highest BCUT2D eigenvalue weighted by molar-refractivity contribution is 9.10. The number of rotatable bonds is 6. The summed E-state index contributed by atoms with van der Waals surface area (Å²) in [6.45, 7) is 3.17. The molecule has 0 fully saturated rings. The molecule has 0 saturated heterocycles. The van der Waals surface area contributed by atoms with Gasteiger partial charge >= 0.3 is 0 Å². The van der Waals surface area contributed by atoms with Crippen molar-refractivity contribution in [2.24, 2.45) is 0 Å². The Balaban J connectivity index is 2.41. The van der Waals surface area contributed by atoms with Crippen molar-refractivity contribution in [2.45, 2.75) is 24.3 Å². The van der Waals surface area contributed by atoms with Crippen LogP contribution in [0.3, 0.4) is 0 Å². The van der Waals surface area contributed by atoms with E-state index < -0.39 is 0 Å². The second-order valence-corrected chi connectivity index (χ2v) is 7.79.